The number of aryl methyl sites for hydroxylation is 1. The number of carbonyl (C=O) groups is 1. The topological polar surface area (TPSA) is 55.1 Å². The molecule has 0 heterocycles. The molecular weight excluding hydrogens is 316 g/mol. The second-order valence-corrected chi connectivity index (χ2v) is 7.17. The van der Waals surface area contributed by atoms with Crippen molar-refractivity contribution in [1.82, 2.24) is 0 Å². The van der Waals surface area contributed by atoms with E-state index in [0.29, 0.717) is 13.0 Å². The fraction of sp³-hybridized carbons (Fsp3) is 0.588. The van der Waals surface area contributed by atoms with E-state index in [1.165, 1.54) is 37.0 Å². The lowest BCUT2D eigenvalue weighted by Crippen LogP contribution is -2.14. The summed E-state index contributed by atoms with van der Waals surface area (Å²) in [5, 5.41) is 3.74. The first-order chi connectivity index (χ1) is 10.2. The molecule has 2 rings (SSSR count). The highest BCUT2D eigenvalue weighted by Gasteiger charge is 2.15. The summed E-state index contributed by atoms with van der Waals surface area (Å²) in [6, 6.07) is 6.35. The standard InChI is InChI=1S/C17H26N2OS.ClH/c1-13-12-15(21-14-6-3-2-4-7-14)9-10-16(13)19-17(20)8-5-11-18;/h9-10,12,14H,2-8,11,18H2,1H3,(H,19,20);1H. The van der Waals surface area contributed by atoms with Gasteiger partial charge < -0.3 is 11.1 Å². The van der Waals surface area contributed by atoms with Gasteiger partial charge in [0.15, 0.2) is 0 Å². The maximum atomic E-state index is 11.8. The van der Waals surface area contributed by atoms with Crippen LogP contribution in [0.2, 0.25) is 0 Å². The molecule has 3 N–H and O–H groups in total. The van der Waals surface area contributed by atoms with Gasteiger partial charge in [0.25, 0.3) is 0 Å². The van der Waals surface area contributed by atoms with Crippen molar-refractivity contribution in [3.63, 3.8) is 0 Å². The molecule has 0 radical (unpaired) electrons. The van der Waals surface area contributed by atoms with Crippen LogP contribution in [0.4, 0.5) is 5.69 Å². The van der Waals surface area contributed by atoms with Crippen molar-refractivity contribution in [3.05, 3.63) is 23.8 Å². The number of thioether (sulfide) groups is 1. The van der Waals surface area contributed by atoms with E-state index in [0.717, 1.165) is 22.9 Å². The average molecular weight is 343 g/mol. The van der Waals surface area contributed by atoms with Crippen LogP contribution in [-0.4, -0.2) is 17.7 Å². The summed E-state index contributed by atoms with van der Waals surface area (Å²) in [6.45, 7) is 2.62. The Morgan fingerprint density at radius 2 is 2.05 bits per heavy atom. The van der Waals surface area contributed by atoms with Crippen molar-refractivity contribution >= 4 is 35.8 Å². The third kappa shape index (κ3) is 6.19. The fourth-order valence-electron chi connectivity index (χ4n) is 2.70. The molecule has 1 amide bonds. The second-order valence-electron chi connectivity index (χ2n) is 5.80. The normalized spacial score (nSPS) is 15.2. The number of nitrogens with one attached hydrogen (secondary N) is 1. The van der Waals surface area contributed by atoms with Gasteiger partial charge in [0.1, 0.15) is 0 Å². The van der Waals surface area contributed by atoms with E-state index >= 15 is 0 Å². The maximum Gasteiger partial charge on any atom is 0.224 e. The molecule has 3 nitrogen and oxygen atoms in total. The summed E-state index contributed by atoms with van der Waals surface area (Å²) in [4.78, 5) is 13.1. The first kappa shape index (κ1) is 19.3. The highest BCUT2D eigenvalue weighted by molar-refractivity contribution is 8.00. The van der Waals surface area contributed by atoms with Gasteiger partial charge in [0.2, 0.25) is 5.91 Å². The highest BCUT2D eigenvalue weighted by Crippen LogP contribution is 2.34. The van der Waals surface area contributed by atoms with Crippen LogP contribution >= 0.6 is 24.2 Å². The lowest BCUT2D eigenvalue weighted by molar-refractivity contribution is -0.116. The van der Waals surface area contributed by atoms with Gasteiger partial charge in [-0.2, -0.15) is 0 Å². The first-order valence-corrected chi connectivity index (χ1v) is 8.84. The summed E-state index contributed by atoms with van der Waals surface area (Å²) in [7, 11) is 0. The van der Waals surface area contributed by atoms with Crippen molar-refractivity contribution in [2.24, 2.45) is 5.73 Å². The molecule has 5 heteroatoms. The van der Waals surface area contributed by atoms with Crippen LogP contribution in [0.15, 0.2) is 23.1 Å². The minimum absolute atomic E-state index is 0. The molecule has 0 saturated heterocycles. The Hall–Kier alpha value is -0.710. The molecule has 0 bridgehead atoms. The Kier molecular flexibility index (Phi) is 8.91. The van der Waals surface area contributed by atoms with Gasteiger partial charge in [0.05, 0.1) is 0 Å². The van der Waals surface area contributed by atoms with E-state index in [1.54, 1.807) is 0 Å². The largest absolute Gasteiger partial charge is 0.330 e. The molecule has 1 aliphatic rings. The molecule has 1 fully saturated rings. The Balaban J connectivity index is 0.00000242. The maximum absolute atomic E-state index is 11.8. The van der Waals surface area contributed by atoms with Crippen molar-refractivity contribution < 1.29 is 4.79 Å². The summed E-state index contributed by atoms with van der Waals surface area (Å²) >= 11 is 1.99. The summed E-state index contributed by atoms with van der Waals surface area (Å²) in [5.74, 6) is 0.0521. The Morgan fingerprint density at radius 1 is 1.32 bits per heavy atom. The van der Waals surface area contributed by atoms with E-state index in [-0.39, 0.29) is 18.3 Å². The van der Waals surface area contributed by atoms with Crippen LogP contribution in [0, 0.1) is 6.92 Å². The van der Waals surface area contributed by atoms with Crippen molar-refractivity contribution in [2.45, 2.75) is 62.0 Å². The third-order valence-corrected chi connectivity index (χ3v) is 5.27. The fourth-order valence-corrected chi connectivity index (χ4v) is 4.05. The summed E-state index contributed by atoms with van der Waals surface area (Å²) in [6.07, 6.45) is 8.03. The van der Waals surface area contributed by atoms with E-state index in [1.807, 2.05) is 17.8 Å². The summed E-state index contributed by atoms with van der Waals surface area (Å²) in [5.41, 5.74) is 7.48. The van der Waals surface area contributed by atoms with Gasteiger partial charge in [-0.15, -0.1) is 24.2 Å². The minimum Gasteiger partial charge on any atom is -0.330 e. The first-order valence-electron chi connectivity index (χ1n) is 7.96. The van der Waals surface area contributed by atoms with Crippen molar-refractivity contribution in [1.29, 1.82) is 0 Å². The molecule has 0 spiro atoms. The zero-order valence-electron chi connectivity index (χ0n) is 13.3. The number of halogens is 1. The summed E-state index contributed by atoms with van der Waals surface area (Å²) < 4.78 is 0. The van der Waals surface area contributed by atoms with E-state index in [2.05, 4.69) is 24.4 Å². The van der Waals surface area contributed by atoms with Crippen LogP contribution in [0.25, 0.3) is 0 Å². The Bertz CT molecular complexity index is 476. The SMILES string of the molecule is Cc1cc(SC2CCCCC2)ccc1NC(=O)CCCN.Cl. The van der Waals surface area contributed by atoms with Gasteiger partial charge >= 0.3 is 0 Å². The molecule has 124 valence electrons. The van der Waals surface area contributed by atoms with Crippen LogP contribution in [0.1, 0.15) is 50.5 Å². The molecule has 1 aliphatic carbocycles. The second kappa shape index (κ2) is 10.1. The van der Waals surface area contributed by atoms with E-state index < -0.39 is 0 Å². The molecule has 0 aromatic heterocycles. The molecule has 0 atom stereocenters. The number of amides is 1. The minimum atomic E-state index is 0. The molecule has 1 aromatic carbocycles. The monoisotopic (exact) mass is 342 g/mol. The lowest BCUT2D eigenvalue weighted by Gasteiger charge is -2.21. The third-order valence-electron chi connectivity index (χ3n) is 3.93. The molecular formula is C17H27ClN2OS. The van der Waals surface area contributed by atoms with Gasteiger partial charge in [-0.25, -0.2) is 0 Å². The van der Waals surface area contributed by atoms with Gasteiger partial charge in [-0.1, -0.05) is 19.3 Å². The molecule has 0 unspecified atom stereocenters. The molecule has 0 aliphatic heterocycles. The van der Waals surface area contributed by atoms with Crippen LogP contribution in [0.5, 0.6) is 0 Å². The van der Waals surface area contributed by atoms with E-state index in [4.69, 9.17) is 5.73 Å². The zero-order chi connectivity index (χ0) is 15.1. The van der Waals surface area contributed by atoms with E-state index in [9.17, 15) is 4.79 Å². The Labute approximate surface area is 144 Å². The number of carbonyl (C=O) groups excluding carboxylic acids is 1. The number of benzene rings is 1. The number of hydrogen-bond acceptors (Lipinski definition) is 3. The average Bonchev–Trinajstić information content (AvgIpc) is 2.49. The van der Waals surface area contributed by atoms with Gasteiger partial charge in [-0.05, 0) is 56.5 Å². The van der Waals surface area contributed by atoms with Crippen LogP contribution in [-0.2, 0) is 4.79 Å². The van der Waals surface area contributed by atoms with Gasteiger partial charge in [0, 0.05) is 22.3 Å². The number of anilines is 1. The molecule has 1 aromatic rings. The Morgan fingerprint density at radius 3 is 2.68 bits per heavy atom. The van der Waals surface area contributed by atoms with Crippen molar-refractivity contribution in [2.75, 3.05) is 11.9 Å². The van der Waals surface area contributed by atoms with Crippen LogP contribution < -0.4 is 11.1 Å². The molecule has 1 saturated carbocycles. The number of rotatable bonds is 6. The van der Waals surface area contributed by atoms with Gasteiger partial charge in [-0.3, -0.25) is 4.79 Å². The predicted molar refractivity (Wildman–Crippen MR) is 98.1 cm³/mol. The quantitative estimate of drug-likeness (QED) is 0.799. The predicted octanol–water partition coefficient (Wildman–Crippen LogP) is 4.52. The molecule has 22 heavy (non-hydrogen) atoms. The number of nitrogens with two attached hydrogens (primary N) is 1. The smallest absolute Gasteiger partial charge is 0.224 e. The zero-order valence-corrected chi connectivity index (χ0v) is 14.9. The number of hydrogen-bond donors (Lipinski definition) is 2. The highest BCUT2D eigenvalue weighted by atomic mass is 35.5. The van der Waals surface area contributed by atoms with Crippen LogP contribution in [0.3, 0.4) is 0 Å². The lowest BCUT2D eigenvalue weighted by atomic mass is 10.0. The van der Waals surface area contributed by atoms with Crippen molar-refractivity contribution in [3.8, 4) is 0 Å².